The molecule has 1 N–H and O–H groups in total. The Hall–Kier alpha value is -1.89. The van der Waals surface area contributed by atoms with Crippen LogP contribution in [-0.4, -0.2) is 14.7 Å². The maximum atomic E-state index is 11.1. The zero-order valence-electron chi connectivity index (χ0n) is 11.3. The summed E-state index contributed by atoms with van der Waals surface area (Å²) in [5, 5.41) is 18.4. The van der Waals surface area contributed by atoms with Gasteiger partial charge < -0.3 is 5.32 Å². The van der Waals surface area contributed by atoms with Gasteiger partial charge in [-0.1, -0.05) is 28.1 Å². The number of hydrogen-bond acceptors (Lipinski definition) is 4. The molecule has 0 fully saturated rings. The number of hydrogen-bond donors (Lipinski definition) is 1. The molecule has 0 aliphatic carbocycles. The molecule has 2 aromatic rings. The van der Waals surface area contributed by atoms with Crippen molar-refractivity contribution in [1.29, 1.82) is 0 Å². The molecular weight excluding hydrogens is 324 g/mol. The molecule has 0 unspecified atom stereocenters. The second kappa shape index (κ2) is 6.04. The minimum Gasteiger partial charge on any atom is -0.360 e. The molecule has 20 heavy (non-hydrogen) atoms. The minimum absolute atomic E-state index is 0.0434. The van der Waals surface area contributed by atoms with Crippen LogP contribution in [0.2, 0.25) is 0 Å². The van der Waals surface area contributed by atoms with Gasteiger partial charge in [-0.15, -0.1) is 0 Å². The van der Waals surface area contributed by atoms with Crippen molar-refractivity contribution in [3.05, 3.63) is 50.1 Å². The van der Waals surface area contributed by atoms with E-state index >= 15 is 0 Å². The molecule has 0 saturated heterocycles. The fraction of sp³-hybridized carbons (Fsp3) is 0.308. The first-order chi connectivity index (χ1) is 9.52. The second-order valence-electron chi connectivity index (χ2n) is 4.34. The van der Waals surface area contributed by atoms with Gasteiger partial charge in [0.05, 0.1) is 4.92 Å². The topological polar surface area (TPSA) is 73.0 Å². The first-order valence-corrected chi connectivity index (χ1v) is 7.02. The van der Waals surface area contributed by atoms with Crippen LogP contribution in [0.5, 0.6) is 0 Å². The van der Waals surface area contributed by atoms with Crippen molar-refractivity contribution in [2.75, 3.05) is 5.32 Å². The lowest BCUT2D eigenvalue weighted by Crippen LogP contribution is -2.08. The molecule has 1 heterocycles. The lowest BCUT2D eigenvalue weighted by Gasteiger charge is -2.08. The number of anilines is 1. The largest absolute Gasteiger partial charge is 0.360 e. The number of benzene rings is 1. The van der Waals surface area contributed by atoms with Crippen LogP contribution in [0.25, 0.3) is 0 Å². The zero-order chi connectivity index (χ0) is 14.7. The van der Waals surface area contributed by atoms with Crippen LogP contribution < -0.4 is 5.32 Å². The Morgan fingerprint density at radius 3 is 2.85 bits per heavy atom. The molecule has 0 bridgehead atoms. The molecule has 0 saturated carbocycles. The van der Waals surface area contributed by atoms with Gasteiger partial charge in [0.25, 0.3) is 0 Å². The van der Waals surface area contributed by atoms with E-state index in [9.17, 15) is 10.1 Å². The standard InChI is InChI=1S/C13H15BrN4O2/c1-3-17-13(12(18(19)20)9(2)16-17)15-8-10-5-4-6-11(14)7-10/h4-7,15H,3,8H2,1-2H3. The van der Waals surface area contributed by atoms with Crippen LogP contribution in [0, 0.1) is 17.0 Å². The molecule has 0 atom stereocenters. The summed E-state index contributed by atoms with van der Waals surface area (Å²) in [6, 6.07) is 7.80. The molecule has 106 valence electrons. The van der Waals surface area contributed by atoms with Gasteiger partial charge in [0.1, 0.15) is 5.69 Å². The summed E-state index contributed by atoms with van der Waals surface area (Å²) in [6.45, 7) is 4.63. The molecule has 7 heteroatoms. The van der Waals surface area contributed by atoms with Crippen molar-refractivity contribution in [2.24, 2.45) is 0 Å². The van der Waals surface area contributed by atoms with E-state index in [1.54, 1.807) is 11.6 Å². The fourth-order valence-electron chi connectivity index (χ4n) is 2.03. The predicted octanol–water partition coefficient (Wildman–Crippen LogP) is 3.49. The van der Waals surface area contributed by atoms with Crippen LogP contribution >= 0.6 is 15.9 Å². The number of nitrogens with zero attached hydrogens (tertiary/aromatic N) is 3. The number of nitro groups is 1. The van der Waals surface area contributed by atoms with Crippen LogP contribution in [0.15, 0.2) is 28.7 Å². The van der Waals surface area contributed by atoms with Crippen LogP contribution in [-0.2, 0) is 13.1 Å². The van der Waals surface area contributed by atoms with Gasteiger partial charge in [-0.2, -0.15) is 5.10 Å². The summed E-state index contributed by atoms with van der Waals surface area (Å²) in [6.07, 6.45) is 0. The molecule has 6 nitrogen and oxygen atoms in total. The average molecular weight is 339 g/mol. The number of halogens is 1. The van der Waals surface area contributed by atoms with Gasteiger partial charge in [0.15, 0.2) is 0 Å². The van der Waals surface area contributed by atoms with Gasteiger partial charge in [0, 0.05) is 17.6 Å². The second-order valence-corrected chi connectivity index (χ2v) is 5.25. The highest BCUT2D eigenvalue weighted by Crippen LogP contribution is 2.28. The number of rotatable bonds is 5. The molecule has 0 aliphatic heterocycles. The number of aromatic nitrogens is 2. The summed E-state index contributed by atoms with van der Waals surface area (Å²) in [7, 11) is 0. The molecule has 1 aromatic carbocycles. The van der Waals surface area contributed by atoms with Crippen molar-refractivity contribution in [2.45, 2.75) is 26.9 Å². The molecule has 0 radical (unpaired) electrons. The van der Waals surface area contributed by atoms with E-state index in [2.05, 4.69) is 26.3 Å². The van der Waals surface area contributed by atoms with Crippen molar-refractivity contribution in [1.82, 2.24) is 9.78 Å². The van der Waals surface area contributed by atoms with E-state index in [4.69, 9.17) is 0 Å². The van der Waals surface area contributed by atoms with E-state index in [0.29, 0.717) is 24.6 Å². The number of nitrogens with one attached hydrogen (secondary N) is 1. The van der Waals surface area contributed by atoms with E-state index < -0.39 is 4.92 Å². The van der Waals surface area contributed by atoms with Crippen molar-refractivity contribution >= 4 is 27.4 Å². The number of aryl methyl sites for hydroxylation is 2. The summed E-state index contributed by atoms with van der Waals surface area (Å²) in [5.74, 6) is 0.454. The Labute approximate surface area is 125 Å². The SMILES string of the molecule is CCn1nc(C)c([N+](=O)[O-])c1NCc1cccc(Br)c1. The van der Waals surface area contributed by atoms with E-state index in [1.807, 2.05) is 31.2 Å². The molecular formula is C13H15BrN4O2. The molecule has 2 rings (SSSR count). The zero-order valence-corrected chi connectivity index (χ0v) is 12.8. The first kappa shape index (κ1) is 14.5. The molecule has 1 aromatic heterocycles. The van der Waals surface area contributed by atoms with Crippen molar-refractivity contribution < 1.29 is 4.92 Å². The van der Waals surface area contributed by atoms with E-state index in [-0.39, 0.29) is 5.69 Å². The van der Waals surface area contributed by atoms with Gasteiger partial charge >= 0.3 is 5.69 Å². The van der Waals surface area contributed by atoms with Crippen LogP contribution in [0.3, 0.4) is 0 Å². The summed E-state index contributed by atoms with van der Waals surface area (Å²) in [4.78, 5) is 10.8. The van der Waals surface area contributed by atoms with Crippen LogP contribution in [0.4, 0.5) is 11.5 Å². The van der Waals surface area contributed by atoms with E-state index in [1.165, 1.54) is 0 Å². The smallest absolute Gasteiger partial charge is 0.333 e. The average Bonchev–Trinajstić information content (AvgIpc) is 2.72. The summed E-state index contributed by atoms with van der Waals surface area (Å²) >= 11 is 3.40. The Balaban J connectivity index is 2.26. The van der Waals surface area contributed by atoms with Gasteiger partial charge in [-0.05, 0) is 31.5 Å². The van der Waals surface area contributed by atoms with Gasteiger partial charge in [-0.3, -0.25) is 10.1 Å². The Morgan fingerprint density at radius 1 is 1.50 bits per heavy atom. The quantitative estimate of drug-likeness (QED) is 0.668. The third-order valence-electron chi connectivity index (χ3n) is 2.93. The van der Waals surface area contributed by atoms with Gasteiger partial charge in [0.2, 0.25) is 5.82 Å². The lowest BCUT2D eigenvalue weighted by molar-refractivity contribution is -0.384. The molecule has 0 spiro atoms. The highest BCUT2D eigenvalue weighted by Gasteiger charge is 2.24. The normalized spacial score (nSPS) is 10.6. The third kappa shape index (κ3) is 2.98. The minimum atomic E-state index is -0.391. The van der Waals surface area contributed by atoms with Crippen molar-refractivity contribution in [3.63, 3.8) is 0 Å². The highest BCUT2D eigenvalue weighted by atomic mass is 79.9. The predicted molar refractivity (Wildman–Crippen MR) is 80.8 cm³/mol. The van der Waals surface area contributed by atoms with Gasteiger partial charge in [-0.25, -0.2) is 4.68 Å². The first-order valence-electron chi connectivity index (χ1n) is 6.23. The fourth-order valence-corrected chi connectivity index (χ4v) is 2.47. The van der Waals surface area contributed by atoms with Crippen molar-refractivity contribution in [3.8, 4) is 0 Å². The summed E-state index contributed by atoms with van der Waals surface area (Å²) in [5.41, 5.74) is 1.51. The Morgan fingerprint density at radius 2 is 2.25 bits per heavy atom. The summed E-state index contributed by atoms with van der Waals surface area (Å²) < 4.78 is 2.59. The molecule has 0 amide bonds. The maximum Gasteiger partial charge on any atom is 0.333 e. The third-order valence-corrected chi connectivity index (χ3v) is 3.42. The Bertz CT molecular complexity index is 639. The van der Waals surface area contributed by atoms with E-state index in [0.717, 1.165) is 10.0 Å². The van der Waals surface area contributed by atoms with Crippen LogP contribution in [0.1, 0.15) is 18.2 Å². The monoisotopic (exact) mass is 338 g/mol. The highest BCUT2D eigenvalue weighted by molar-refractivity contribution is 9.10. The Kier molecular flexibility index (Phi) is 4.39. The maximum absolute atomic E-state index is 11.1. The molecule has 0 aliphatic rings. The lowest BCUT2D eigenvalue weighted by atomic mass is 10.2.